The lowest BCUT2D eigenvalue weighted by Gasteiger charge is -2.35. The molecule has 2 unspecified atom stereocenters. The van der Waals surface area contributed by atoms with E-state index >= 15 is 0 Å². The lowest BCUT2D eigenvalue weighted by molar-refractivity contribution is 0.485. The summed E-state index contributed by atoms with van der Waals surface area (Å²) in [6.45, 7) is 11.3. The number of hydrogen-bond acceptors (Lipinski definition) is 4. The van der Waals surface area contributed by atoms with Gasteiger partial charge >= 0.3 is 0 Å². The van der Waals surface area contributed by atoms with Crippen molar-refractivity contribution in [3.05, 3.63) is 71.8 Å². The fraction of sp³-hybridized carbons (Fsp3) is 0.350. The molecule has 2 saturated heterocycles. The second kappa shape index (κ2) is 9.66. The molecule has 222 valence electrons. The third kappa shape index (κ3) is 3.82. The molecule has 4 heteroatoms. The minimum Gasteiger partial charge on any atom is -0.456 e. The van der Waals surface area contributed by atoms with Crippen LogP contribution in [0, 0.1) is 13.8 Å². The lowest BCUT2D eigenvalue weighted by atomic mass is 9.96. The molecular weight excluding hydrogens is 540 g/mol. The van der Waals surface area contributed by atoms with Gasteiger partial charge in [0.2, 0.25) is 0 Å². The van der Waals surface area contributed by atoms with E-state index < -0.39 is 0 Å². The molecule has 44 heavy (non-hydrogen) atoms. The molecular formula is C40H40N2O2. The van der Waals surface area contributed by atoms with E-state index in [0.717, 1.165) is 57.3 Å². The van der Waals surface area contributed by atoms with Crippen LogP contribution in [0.15, 0.2) is 69.5 Å². The predicted octanol–water partition coefficient (Wildman–Crippen LogP) is 11.2. The van der Waals surface area contributed by atoms with Crippen molar-refractivity contribution in [1.82, 2.24) is 0 Å². The third-order valence-corrected chi connectivity index (χ3v) is 11.0. The van der Waals surface area contributed by atoms with Gasteiger partial charge in [-0.15, -0.1) is 0 Å². The van der Waals surface area contributed by atoms with E-state index in [2.05, 4.69) is 98.2 Å². The summed E-state index contributed by atoms with van der Waals surface area (Å²) in [5.74, 6) is 0. The summed E-state index contributed by atoms with van der Waals surface area (Å²) in [6.07, 6.45) is 7.73. The second-order valence-electron chi connectivity index (χ2n) is 13.7. The van der Waals surface area contributed by atoms with Crippen molar-refractivity contribution in [1.29, 1.82) is 0 Å². The fourth-order valence-electron chi connectivity index (χ4n) is 8.34. The molecule has 0 N–H and O–H groups in total. The maximum atomic E-state index is 6.72. The molecule has 0 saturated carbocycles. The van der Waals surface area contributed by atoms with Gasteiger partial charge in [0.05, 0.1) is 0 Å². The van der Waals surface area contributed by atoms with Crippen molar-refractivity contribution in [3.63, 3.8) is 0 Å². The van der Waals surface area contributed by atoms with Crippen molar-refractivity contribution in [2.75, 3.05) is 22.9 Å². The largest absolute Gasteiger partial charge is 0.456 e. The van der Waals surface area contributed by atoms with Crippen molar-refractivity contribution in [3.8, 4) is 0 Å². The van der Waals surface area contributed by atoms with Crippen molar-refractivity contribution in [2.45, 2.75) is 78.3 Å². The maximum Gasteiger partial charge on any atom is 0.139 e. The molecule has 0 amide bonds. The standard InChI is InChI=1S/C40H40N2O2/c1-23-9-5-7-15-41(23)31-13-11-27-19-33-35(21-29(27)17-31)43-39-25(3)26(4)40-38(37(33)39)34-20-28-12-14-32(18-30(28)22-36(34)44-40)42-16-8-6-10-24(42)2/h11-14,17-24H,5-10,15-16H2,1-4H3. The summed E-state index contributed by atoms with van der Waals surface area (Å²) in [6, 6.07) is 24.3. The Kier molecular flexibility index (Phi) is 5.76. The van der Waals surface area contributed by atoms with Gasteiger partial charge in [0, 0.05) is 58.1 Å². The smallest absolute Gasteiger partial charge is 0.139 e. The monoisotopic (exact) mass is 580 g/mol. The normalized spacial score (nSPS) is 19.9. The number of piperidine rings is 2. The molecule has 0 aliphatic carbocycles. The molecule has 0 spiro atoms. The van der Waals surface area contributed by atoms with Crippen LogP contribution >= 0.6 is 0 Å². The number of rotatable bonds is 2. The van der Waals surface area contributed by atoms with Crippen LogP contribution in [0.2, 0.25) is 0 Å². The number of nitrogens with zero attached hydrogens (tertiary/aromatic N) is 2. The number of fused-ring (bicyclic) bond motifs is 9. The molecule has 2 aromatic heterocycles. The number of furan rings is 2. The van der Waals surface area contributed by atoms with E-state index in [-0.39, 0.29) is 0 Å². The van der Waals surface area contributed by atoms with E-state index in [0.29, 0.717) is 12.1 Å². The molecule has 7 aromatic rings. The highest BCUT2D eigenvalue weighted by atomic mass is 16.3. The SMILES string of the molecule is Cc1c(C)c2oc3cc4cc(N5CCCCC5C)ccc4cc3c2c2c1oc1cc3cc(N4CCCCC4C)ccc3cc12. The minimum absolute atomic E-state index is 0.584. The predicted molar refractivity (Wildman–Crippen MR) is 187 cm³/mol. The first-order valence-corrected chi connectivity index (χ1v) is 16.7. The maximum absolute atomic E-state index is 6.72. The van der Waals surface area contributed by atoms with Crippen LogP contribution in [0.4, 0.5) is 11.4 Å². The Morgan fingerprint density at radius 2 is 1.00 bits per heavy atom. The highest BCUT2D eigenvalue weighted by molar-refractivity contribution is 6.29. The van der Waals surface area contributed by atoms with E-state index in [9.17, 15) is 0 Å². The zero-order valence-electron chi connectivity index (χ0n) is 26.3. The molecule has 9 rings (SSSR count). The van der Waals surface area contributed by atoms with Gasteiger partial charge in [0.25, 0.3) is 0 Å². The number of anilines is 2. The van der Waals surface area contributed by atoms with Gasteiger partial charge < -0.3 is 18.6 Å². The first-order valence-electron chi connectivity index (χ1n) is 16.7. The van der Waals surface area contributed by atoms with Gasteiger partial charge in [0.15, 0.2) is 0 Å². The Hall–Kier alpha value is -4.18. The summed E-state index contributed by atoms with van der Waals surface area (Å²) in [7, 11) is 0. The Bertz CT molecular complexity index is 2110. The Morgan fingerprint density at radius 1 is 0.545 bits per heavy atom. The van der Waals surface area contributed by atoms with Crippen LogP contribution in [0.1, 0.15) is 63.5 Å². The third-order valence-electron chi connectivity index (χ3n) is 11.0. The van der Waals surface area contributed by atoms with Gasteiger partial charge in [-0.25, -0.2) is 0 Å². The average molecular weight is 581 g/mol. The summed E-state index contributed by atoms with van der Waals surface area (Å²) >= 11 is 0. The molecule has 4 heterocycles. The summed E-state index contributed by atoms with van der Waals surface area (Å²) < 4.78 is 13.4. The topological polar surface area (TPSA) is 32.8 Å². The molecule has 0 radical (unpaired) electrons. The molecule has 4 nitrogen and oxygen atoms in total. The highest BCUT2D eigenvalue weighted by Gasteiger charge is 2.24. The highest BCUT2D eigenvalue weighted by Crippen LogP contribution is 2.45. The van der Waals surface area contributed by atoms with E-state index in [4.69, 9.17) is 8.83 Å². The van der Waals surface area contributed by atoms with Gasteiger partial charge in [-0.3, -0.25) is 0 Å². The molecule has 0 bridgehead atoms. The van der Waals surface area contributed by atoms with Crippen LogP contribution in [0.5, 0.6) is 0 Å². The van der Waals surface area contributed by atoms with Crippen molar-refractivity contribution >= 4 is 76.8 Å². The summed E-state index contributed by atoms with van der Waals surface area (Å²) in [5.41, 5.74) is 8.79. The fourth-order valence-corrected chi connectivity index (χ4v) is 8.34. The molecule has 2 atom stereocenters. The van der Waals surface area contributed by atoms with E-state index in [1.54, 1.807) is 0 Å². The Balaban J connectivity index is 1.25. The van der Waals surface area contributed by atoms with Crippen LogP contribution in [-0.2, 0) is 0 Å². The van der Waals surface area contributed by atoms with Crippen LogP contribution in [-0.4, -0.2) is 25.2 Å². The van der Waals surface area contributed by atoms with Crippen LogP contribution in [0.25, 0.3) is 65.4 Å². The lowest BCUT2D eigenvalue weighted by Crippen LogP contribution is -2.37. The van der Waals surface area contributed by atoms with E-state index in [1.807, 2.05) is 0 Å². The Labute approximate surface area is 258 Å². The average Bonchev–Trinajstić information content (AvgIpc) is 3.59. The Morgan fingerprint density at radius 3 is 1.43 bits per heavy atom. The summed E-state index contributed by atoms with van der Waals surface area (Å²) in [5, 5.41) is 9.64. The first-order chi connectivity index (χ1) is 21.4. The second-order valence-corrected chi connectivity index (χ2v) is 13.7. The van der Waals surface area contributed by atoms with Gasteiger partial charge in [-0.05, 0) is 147 Å². The van der Waals surface area contributed by atoms with Gasteiger partial charge in [-0.2, -0.15) is 0 Å². The van der Waals surface area contributed by atoms with Crippen LogP contribution < -0.4 is 9.80 Å². The molecule has 5 aromatic carbocycles. The number of benzene rings is 5. The van der Waals surface area contributed by atoms with Gasteiger partial charge in [0.1, 0.15) is 22.3 Å². The summed E-state index contributed by atoms with van der Waals surface area (Å²) in [4.78, 5) is 5.14. The first kappa shape index (κ1) is 26.2. The zero-order valence-corrected chi connectivity index (χ0v) is 26.3. The van der Waals surface area contributed by atoms with Crippen molar-refractivity contribution in [2.24, 2.45) is 0 Å². The molecule has 2 fully saturated rings. The van der Waals surface area contributed by atoms with Gasteiger partial charge in [-0.1, -0.05) is 12.1 Å². The molecule has 2 aliphatic heterocycles. The van der Waals surface area contributed by atoms with Crippen LogP contribution in [0.3, 0.4) is 0 Å². The quantitative estimate of drug-likeness (QED) is 0.204. The minimum atomic E-state index is 0.584. The zero-order chi connectivity index (χ0) is 29.7. The number of aryl methyl sites for hydroxylation is 2. The van der Waals surface area contributed by atoms with Crippen molar-refractivity contribution < 1.29 is 8.83 Å². The molecule has 2 aliphatic rings. The van der Waals surface area contributed by atoms with E-state index in [1.165, 1.54) is 82.2 Å². The number of hydrogen-bond donors (Lipinski definition) is 0.